The van der Waals surface area contributed by atoms with E-state index in [4.69, 9.17) is 5.84 Å². The molecular weight excluding hydrogens is 252 g/mol. The van der Waals surface area contributed by atoms with Crippen molar-refractivity contribution in [2.24, 2.45) is 5.84 Å². The molecule has 0 bridgehead atoms. The zero-order chi connectivity index (χ0) is 13.9. The van der Waals surface area contributed by atoms with Crippen molar-refractivity contribution in [3.05, 3.63) is 11.9 Å². The Morgan fingerprint density at radius 1 is 1.20 bits per heavy atom. The number of nitrogens with two attached hydrogens (primary N) is 1. The molecule has 0 radical (unpaired) electrons. The molecule has 0 saturated carbocycles. The Bertz CT molecular complexity index is 457. The smallest absolute Gasteiger partial charge is 0.148 e. The summed E-state index contributed by atoms with van der Waals surface area (Å²) in [5.74, 6) is 7.24. The number of hydrogen-bond donors (Lipinski definition) is 2. The first kappa shape index (κ1) is 13.6. The summed E-state index contributed by atoms with van der Waals surface area (Å²) in [6.45, 7) is 6.69. The van der Waals surface area contributed by atoms with Crippen LogP contribution < -0.4 is 16.2 Å². The second-order valence-corrected chi connectivity index (χ2v) is 5.80. The highest BCUT2D eigenvalue weighted by molar-refractivity contribution is 5.57. The van der Waals surface area contributed by atoms with Gasteiger partial charge in [-0.3, -0.25) is 4.90 Å². The minimum atomic E-state index is 0.680. The third-order valence-electron chi connectivity index (χ3n) is 4.56. The van der Waals surface area contributed by atoms with Crippen molar-refractivity contribution >= 4 is 11.6 Å². The lowest BCUT2D eigenvalue weighted by Crippen LogP contribution is -2.41. The van der Waals surface area contributed by atoms with Crippen molar-refractivity contribution in [1.29, 1.82) is 0 Å². The van der Waals surface area contributed by atoms with E-state index in [1.165, 1.54) is 38.8 Å². The van der Waals surface area contributed by atoms with Crippen LogP contribution in [-0.4, -0.2) is 47.1 Å². The van der Waals surface area contributed by atoms with E-state index in [2.05, 4.69) is 25.2 Å². The number of rotatable bonds is 3. The monoisotopic (exact) mass is 276 g/mol. The fourth-order valence-electron chi connectivity index (χ4n) is 3.42. The Morgan fingerprint density at radius 2 is 2.00 bits per heavy atom. The van der Waals surface area contributed by atoms with Crippen LogP contribution in [0.3, 0.4) is 0 Å². The predicted molar refractivity (Wildman–Crippen MR) is 80.6 cm³/mol. The number of nitrogen functional groups attached to an aromatic ring is 1. The van der Waals surface area contributed by atoms with Crippen LogP contribution in [-0.2, 0) is 0 Å². The topological polar surface area (TPSA) is 70.3 Å². The maximum Gasteiger partial charge on any atom is 0.148 e. The van der Waals surface area contributed by atoms with Gasteiger partial charge in [0.15, 0.2) is 0 Å². The molecule has 2 saturated heterocycles. The van der Waals surface area contributed by atoms with Crippen LogP contribution in [0.1, 0.15) is 31.2 Å². The van der Waals surface area contributed by atoms with Gasteiger partial charge in [0.2, 0.25) is 0 Å². The highest BCUT2D eigenvalue weighted by atomic mass is 15.3. The second-order valence-electron chi connectivity index (χ2n) is 5.80. The molecule has 1 aromatic heterocycles. The number of aromatic nitrogens is 2. The lowest BCUT2D eigenvalue weighted by molar-refractivity contribution is 0.175. The lowest BCUT2D eigenvalue weighted by Gasteiger charge is -2.32. The molecule has 0 aromatic carbocycles. The minimum absolute atomic E-state index is 0.680. The van der Waals surface area contributed by atoms with Crippen LogP contribution in [0.5, 0.6) is 0 Å². The summed E-state index contributed by atoms with van der Waals surface area (Å²) < 4.78 is 0. The van der Waals surface area contributed by atoms with Gasteiger partial charge in [-0.05, 0) is 39.3 Å². The van der Waals surface area contributed by atoms with Crippen LogP contribution in [0, 0.1) is 6.92 Å². The maximum atomic E-state index is 5.50. The van der Waals surface area contributed by atoms with Crippen LogP contribution in [0.15, 0.2) is 6.33 Å². The van der Waals surface area contributed by atoms with Gasteiger partial charge >= 0.3 is 0 Å². The first-order valence-corrected chi connectivity index (χ1v) is 7.57. The van der Waals surface area contributed by atoms with E-state index in [-0.39, 0.29) is 0 Å². The third kappa shape index (κ3) is 2.58. The van der Waals surface area contributed by atoms with E-state index in [9.17, 15) is 0 Å². The van der Waals surface area contributed by atoms with E-state index >= 15 is 0 Å². The number of hydrogen-bond acceptors (Lipinski definition) is 6. The van der Waals surface area contributed by atoms with Gasteiger partial charge in [-0.15, -0.1) is 0 Å². The summed E-state index contributed by atoms with van der Waals surface area (Å²) in [5, 5.41) is 0. The molecule has 0 aliphatic carbocycles. The average Bonchev–Trinajstić information content (AvgIpc) is 2.98. The number of likely N-dealkylation sites (tertiary alicyclic amines) is 1. The molecule has 6 nitrogen and oxygen atoms in total. The fraction of sp³-hybridized carbons (Fsp3) is 0.714. The van der Waals surface area contributed by atoms with E-state index in [1.807, 2.05) is 6.92 Å². The fourth-order valence-corrected chi connectivity index (χ4v) is 3.42. The predicted octanol–water partition coefficient (Wildman–Crippen LogP) is 1.14. The number of nitrogens with zero attached hydrogens (tertiary/aromatic N) is 4. The summed E-state index contributed by atoms with van der Waals surface area (Å²) in [7, 11) is 0. The molecular formula is C14H24N6. The summed E-state index contributed by atoms with van der Waals surface area (Å²) in [6.07, 6.45) is 6.92. The third-order valence-corrected chi connectivity index (χ3v) is 4.56. The molecule has 6 heteroatoms. The molecule has 3 rings (SSSR count). The number of anilines is 2. The van der Waals surface area contributed by atoms with Gasteiger partial charge in [-0.2, -0.15) is 0 Å². The zero-order valence-electron chi connectivity index (χ0n) is 12.2. The highest BCUT2D eigenvalue weighted by Gasteiger charge is 2.30. The van der Waals surface area contributed by atoms with E-state index in [0.29, 0.717) is 6.04 Å². The van der Waals surface area contributed by atoms with Crippen LogP contribution in [0.25, 0.3) is 0 Å². The molecule has 0 amide bonds. The summed E-state index contributed by atoms with van der Waals surface area (Å²) >= 11 is 0. The molecule has 0 spiro atoms. The molecule has 1 atom stereocenters. The molecule has 2 aliphatic heterocycles. The first-order valence-electron chi connectivity index (χ1n) is 7.57. The number of piperidine rings is 1. The van der Waals surface area contributed by atoms with Crippen molar-refractivity contribution in [1.82, 2.24) is 14.9 Å². The van der Waals surface area contributed by atoms with Gasteiger partial charge in [0.1, 0.15) is 18.0 Å². The van der Waals surface area contributed by atoms with Gasteiger partial charge in [0.25, 0.3) is 0 Å². The van der Waals surface area contributed by atoms with Crippen molar-refractivity contribution < 1.29 is 0 Å². The molecule has 20 heavy (non-hydrogen) atoms. The Kier molecular flexibility index (Phi) is 4.03. The normalized spacial score (nSPS) is 24.1. The Morgan fingerprint density at radius 3 is 2.75 bits per heavy atom. The molecule has 1 unspecified atom stereocenters. The zero-order valence-corrected chi connectivity index (χ0v) is 12.2. The van der Waals surface area contributed by atoms with Crippen molar-refractivity contribution in [3.8, 4) is 0 Å². The van der Waals surface area contributed by atoms with Crippen molar-refractivity contribution in [2.75, 3.05) is 36.5 Å². The Labute approximate surface area is 120 Å². The van der Waals surface area contributed by atoms with Gasteiger partial charge in [0, 0.05) is 24.7 Å². The summed E-state index contributed by atoms with van der Waals surface area (Å²) in [4.78, 5) is 13.6. The lowest BCUT2D eigenvalue weighted by atomic mass is 10.1. The summed E-state index contributed by atoms with van der Waals surface area (Å²) in [5.41, 5.74) is 3.68. The van der Waals surface area contributed by atoms with Crippen LogP contribution in [0.2, 0.25) is 0 Å². The van der Waals surface area contributed by atoms with Crippen molar-refractivity contribution in [2.45, 2.75) is 38.6 Å². The van der Waals surface area contributed by atoms with Gasteiger partial charge in [0.05, 0.1) is 0 Å². The van der Waals surface area contributed by atoms with Gasteiger partial charge < -0.3 is 10.3 Å². The second kappa shape index (κ2) is 5.93. The summed E-state index contributed by atoms with van der Waals surface area (Å²) in [6, 6.07) is 0.680. The highest BCUT2D eigenvalue weighted by Crippen LogP contribution is 2.27. The maximum absolute atomic E-state index is 5.50. The minimum Gasteiger partial charge on any atom is -0.355 e. The Hall–Kier alpha value is -1.40. The molecule has 3 heterocycles. The molecule has 1 aromatic rings. The van der Waals surface area contributed by atoms with E-state index < -0.39 is 0 Å². The Balaban J connectivity index is 1.70. The van der Waals surface area contributed by atoms with E-state index in [0.717, 1.165) is 30.3 Å². The standard InChI is InChI=1S/C14H24N6/c1-11-13(18-15)16-10-17-14(11)20-8-5-12(9-20)19-6-3-2-4-7-19/h10,12H,2-9,15H2,1H3,(H,16,17,18). The van der Waals surface area contributed by atoms with Gasteiger partial charge in [-0.25, -0.2) is 15.8 Å². The SMILES string of the molecule is Cc1c(NN)ncnc1N1CCC(N2CCCCC2)C1. The van der Waals surface area contributed by atoms with E-state index in [1.54, 1.807) is 6.33 Å². The molecule has 2 fully saturated rings. The van der Waals surface area contributed by atoms with Crippen LogP contribution >= 0.6 is 0 Å². The first-order chi connectivity index (χ1) is 9.79. The quantitative estimate of drug-likeness (QED) is 0.637. The van der Waals surface area contributed by atoms with Gasteiger partial charge in [-0.1, -0.05) is 6.42 Å². The number of hydrazine groups is 1. The average molecular weight is 276 g/mol. The molecule has 2 aliphatic rings. The van der Waals surface area contributed by atoms with Crippen LogP contribution in [0.4, 0.5) is 11.6 Å². The largest absolute Gasteiger partial charge is 0.355 e. The molecule has 3 N–H and O–H groups in total. The number of nitrogens with one attached hydrogen (secondary N) is 1. The molecule has 110 valence electrons. The van der Waals surface area contributed by atoms with Crippen molar-refractivity contribution in [3.63, 3.8) is 0 Å².